The Kier molecular flexibility index (Phi) is 7.55. The molecule has 2 aromatic carbocycles. The van der Waals surface area contributed by atoms with Gasteiger partial charge in [0.1, 0.15) is 0 Å². The number of hydrogen-bond donors (Lipinski definition) is 1. The number of carbonyl (C=O) groups excluding carboxylic acids is 2. The summed E-state index contributed by atoms with van der Waals surface area (Å²) >= 11 is 0. The van der Waals surface area contributed by atoms with Crippen LogP contribution in [-0.2, 0) is 6.54 Å². The fourth-order valence-corrected chi connectivity index (χ4v) is 5.52. The highest BCUT2D eigenvalue weighted by atomic mass is 16.2. The summed E-state index contributed by atoms with van der Waals surface area (Å²) in [7, 11) is 0. The van der Waals surface area contributed by atoms with Crippen LogP contribution >= 0.6 is 0 Å². The molecule has 0 spiro atoms. The van der Waals surface area contributed by atoms with E-state index in [1.54, 1.807) is 33.7 Å². The number of ketones is 1. The van der Waals surface area contributed by atoms with Crippen molar-refractivity contribution in [2.24, 2.45) is 11.8 Å². The third-order valence-corrected chi connectivity index (χ3v) is 7.80. The van der Waals surface area contributed by atoms with Gasteiger partial charge in [0.05, 0.1) is 10.9 Å². The molecular weight excluding hydrogens is 492 g/mol. The van der Waals surface area contributed by atoms with E-state index < -0.39 is 0 Å². The number of nitrogens with one attached hydrogen (secondary N) is 1. The Morgan fingerprint density at radius 3 is 2.59 bits per heavy atom. The molecule has 8 nitrogen and oxygen atoms in total. The van der Waals surface area contributed by atoms with Crippen LogP contribution in [0.4, 0.5) is 10.5 Å². The van der Waals surface area contributed by atoms with Gasteiger partial charge in [0.25, 0.3) is 5.56 Å². The zero-order chi connectivity index (χ0) is 27.7. The van der Waals surface area contributed by atoms with Crippen molar-refractivity contribution in [1.82, 2.24) is 14.0 Å². The van der Waals surface area contributed by atoms with E-state index in [1.165, 1.54) is 4.57 Å². The van der Waals surface area contributed by atoms with Gasteiger partial charge < -0.3 is 10.2 Å². The highest BCUT2D eigenvalue weighted by Crippen LogP contribution is 2.30. The fraction of sp³-hybridized carbons (Fsp3) is 0.419. The number of urea groups is 1. The molecule has 1 atom stereocenters. The molecule has 1 aliphatic carbocycles. The lowest BCUT2D eigenvalue weighted by molar-refractivity contribution is 0.0931. The van der Waals surface area contributed by atoms with E-state index in [4.69, 9.17) is 0 Å². The number of anilines is 1. The molecule has 1 aromatic heterocycles. The summed E-state index contributed by atoms with van der Waals surface area (Å²) in [6.07, 6.45) is 5.88. The molecule has 8 heteroatoms. The first-order valence-electron chi connectivity index (χ1n) is 13.9. The lowest BCUT2D eigenvalue weighted by Crippen LogP contribution is -2.43. The molecule has 5 rings (SSSR count). The van der Waals surface area contributed by atoms with Gasteiger partial charge in [-0.2, -0.15) is 0 Å². The number of aromatic nitrogens is 2. The number of fused-ring (bicyclic) bond motifs is 1. The Hall–Kier alpha value is -3.94. The Morgan fingerprint density at radius 1 is 1.08 bits per heavy atom. The topological polar surface area (TPSA) is 93.4 Å². The maximum absolute atomic E-state index is 13.3. The van der Waals surface area contributed by atoms with Gasteiger partial charge in [0.15, 0.2) is 5.78 Å². The zero-order valence-corrected chi connectivity index (χ0v) is 22.7. The summed E-state index contributed by atoms with van der Waals surface area (Å²) in [5.74, 6) is 0.525. The second kappa shape index (κ2) is 11.0. The van der Waals surface area contributed by atoms with Crippen molar-refractivity contribution in [3.8, 4) is 0 Å². The van der Waals surface area contributed by atoms with Crippen LogP contribution in [0.5, 0.6) is 0 Å². The van der Waals surface area contributed by atoms with Gasteiger partial charge in [0, 0.05) is 43.3 Å². The smallest absolute Gasteiger partial charge is 0.324 e. The maximum atomic E-state index is 13.3. The first-order valence-corrected chi connectivity index (χ1v) is 13.9. The van der Waals surface area contributed by atoms with E-state index >= 15 is 0 Å². The van der Waals surface area contributed by atoms with Gasteiger partial charge in [-0.1, -0.05) is 30.9 Å². The molecule has 0 bridgehead atoms. The Balaban J connectivity index is 1.32. The first-order chi connectivity index (χ1) is 18.7. The van der Waals surface area contributed by atoms with Crippen molar-refractivity contribution in [1.29, 1.82) is 0 Å². The maximum Gasteiger partial charge on any atom is 0.331 e. The quantitative estimate of drug-likeness (QED) is 0.401. The summed E-state index contributed by atoms with van der Waals surface area (Å²) in [5.41, 5.74) is 2.06. The van der Waals surface area contributed by atoms with Crippen LogP contribution in [0.25, 0.3) is 17.0 Å². The second-order valence-electron chi connectivity index (χ2n) is 11.2. The number of rotatable bonds is 8. The minimum absolute atomic E-state index is 0.0687. The number of nitrogens with zero attached hydrogens (tertiary/aromatic N) is 3. The average Bonchev–Trinajstić information content (AvgIpc) is 3.75. The molecule has 39 heavy (non-hydrogen) atoms. The number of amides is 2. The molecule has 2 aliphatic rings. The van der Waals surface area contributed by atoms with Gasteiger partial charge in [-0.05, 0) is 81.2 Å². The molecular formula is C31H36N4O4. The van der Waals surface area contributed by atoms with Gasteiger partial charge in [-0.25, -0.2) is 9.59 Å². The van der Waals surface area contributed by atoms with E-state index in [1.807, 2.05) is 38.1 Å². The summed E-state index contributed by atoms with van der Waals surface area (Å²) in [6, 6.07) is 12.2. The van der Waals surface area contributed by atoms with Crippen molar-refractivity contribution in [2.75, 3.05) is 18.4 Å². The molecule has 1 saturated heterocycles. The highest BCUT2D eigenvalue weighted by molar-refractivity contribution is 5.97. The highest BCUT2D eigenvalue weighted by Gasteiger charge is 2.27. The van der Waals surface area contributed by atoms with Crippen molar-refractivity contribution < 1.29 is 9.59 Å². The van der Waals surface area contributed by atoms with E-state index in [2.05, 4.69) is 11.9 Å². The Bertz CT molecular complexity index is 1550. The number of benzene rings is 2. The molecule has 2 amide bonds. The van der Waals surface area contributed by atoms with Crippen molar-refractivity contribution >= 4 is 34.5 Å². The van der Waals surface area contributed by atoms with E-state index in [0.29, 0.717) is 54.1 Å². The minimum Gasteiger partial charge on any atom is -0.324 e. The molecule has 1 aliphatic heterocycles. The van der Waals surface area contributed by atoms with Gasteiger partial charge in [-0.15, -0.1) is 0 Å². The standard InChI is InChI=1S/C31H36N4O4/c1-4-21-7-5-9-24(15-21)28(36)16-23-8-6-14-33(18-23)30(38)32-25-12-13-27-26(17-25)29(37)34(19-22-10-11-22)31(39)35(27)20(2)3/h4-5,7,9,12-13,15,17,20,22-23H,1,6,8,10-11,14,16,18-19H2,2-3H3,(H,32,38). The van der Waals surface area contributed by atoms with Crippen molar-refractivity contribution in [3.63, 3.8) is 0 Å². The third-order valence-electron chi connectivity index (χ3n) is 7.80. The van der Waals surface area contributed by atoms with Crippen LogP contribution in [0.3, 0.4) is 0 Å². The number of carbonyl (C=O) groups is 2. The number of likely N-dealkylation sites (tertiary alicyclic amines) is 1. The molecule has 2 heterocycles. The number of piperidine rings is 1. The lowest BCUT2D eigenvalue weighted by Gasteiger charge is -2.32. The second-order valence-corrected chi connectivity index (χ2v) is 11.2. The Morgan fingerprint density at radius 2 is 1.87 bits per heavy atom. The van der Waals surface area contributed by atoms with Crippen LogP contribution in [-0.4, -0.2) is 38.9 Å². The third kappa shape index (κ3) is 5.75. The van der Waals surface area contributed by atoms with Crippen molar-refractivity contribution in [2.45, 2.75) is 58.5 Å². The van der Waals surface area contributed by atoms with Crippen molar-refractivity contribution in [3.05, 3.63) is 81.0 Å². The minimum atomic E-state index is -0.313. The van der Waals surface area contributed by atoms with Crippen LogP contribution in [0, 0.1) is 11.8 Å². The van der Waals surface area contributed by atoms with Crippen LogP contribution < -0.4 is 16.6 Å². The number of hydrogen-bond acceptors (Lipinski definition) is 4. The molecule has 1 unspecified atom stereocenters. The first kappa shape index (κ1) is 26.7. The van der Waals surface area contributed by atoms with Crippen LogP contribution in [0.2, 0.25) is 0 Å². The largest absolute Gasteiger partial charge is 0.331 e. The van der Waals surface area contributed by atoms with Gasteiger partial charge >= 0.3 is 11.7 Å². The predicted octanol–water partition coefficient (Wildman–Crippen LogP) is 5.31. The molecule has 1 saturated carbocycles. The van der Waals surface area contributed by atoms with Gasteiger partial charge in [0.2, 0.25) is 0 Å². The summed E-state index contributed by atoms with van der Waals surface area (Å²) in [5, 5.41) is 3.36. The fourth-order valence-electron chi connectivity index (χ4n) is 5.52. The normalized spacial score (nSPS) is 17.4. The molecule has 2 fully saturated rings. The SMILES string of the molecule is C=Cc1cccc(C(=O)CC2CCCN(C(=O)Nc3ccc4c(c3)c(=O)n(CC3CC3)c(=O)n4C(C)C)C2)c1. The number of Topliss-reactive ketones (excluding diaryl/α,β-unsaturated/α-hetero) is 1. The lowest BCUT2D eigenvalue weighted by atomic mass is 9.90. The predicted molar refractivity (Wildman–Crippen MR) is 154 cm³/mol. The summed E-state index contributed by atoms with van der Waals surface area (Å²) in [4.78, 5) is 54.3. The molecule has 1 N–H and O–H groups in total. The summed E-state index contributed by atoms with van der Waals surface area (Å²) < 4.78 is 3.00. The molecule has 3 aromatic rings. The zero-order valence-electron chi connectivity index (χ0n) is 22.7. The Labute approximate surface area is 227 Å². The monoisotopic (exact) mass is 528 g/mol. The molecule has 0 radical (unpaired) electrons. The summed E-state index contributed by atoms with van der Waals surface area (Å²) in [6.45, 7) is 9.16. The van der Waals surface area contributed by atoms with Crippen LogP contribution in [0.1, 0.15) is 67.9 Å². The van der Waals surface area contributed by atoms with Crippen LogP contribution in [0.15, 0.2) is 58.6 Å². The van der Waals surface area contributed by atoms with Gasteiger partial charge in [-0.3, -0.25) is 18.7 Å². The van der Waals surface area contributed by atoms with E-state index in [-0.39, 0.29) is 35.0 Å². The van der Waals surface area contributed by atoms with E-state index in [0.717, 1.165) is 31.2 Å². The average molecular weight is 529 g/mol. The van der Waals surface area contributed by atoms with E-state index in [9.17, 15) is 19.2 Å². The molecule has 204 valence electrons.